The summed E-state index contributed by atoms with van der Waals surface area (Å²) in [5.41, 5.74) is 0.397. The number of carbonyl (C=O) groups excluding carboxylic acids is 3. The van der Waals surface area contributed by atoms with Crippen molar-refractivity contribution < 1.29 is 19.1 Å². The van der Waals surface area contributed by atoms with Gasteiger partial charge in [-0.2, -0.15) is 0 Å². The van der Waals surface area contributed by atoms with Crippen LogP contribution >= 0.6 is 0 Å². The van der Waals surface area contributed by atoms with Gasteiger partial charge < -0.3 is 4.74 Å². The maximum atomic E-state index is 11.8. The minimum Gasteiger partial charge on any atom is -0.456 e. The fourth-order valence-corrected chi connectivity index (χ4v) is 3.87. The SMILES string of the molecule is O=C(COC(=O)C[C@@H]1C[C@@H]2CC[C@@H]1C2)NC(=O)c1ccccc1. The van der Waals surface area contributed by atoms with Crippen LogP contribution < -0.4 is 5.32 Å². The van der Waals surface area contributed by atoms with Crippen LogP contribution in [0.15, 0.2) is 30.3 Å². The van der Waals surface area contributed by atoms with Crippen LogP contribution in [0.25, 0.3) is 0 Å². The van der Waals surface area contributed by atoms with Crippen LogP contribution in [0.3, 0.4) is 0 Å². The van der Waals surface area contributed by atoms with E-state index in [4.69, 9.17) is 4.74 Å². The van der Waals surface area contributed by atoms with Gasteiger partial charge in [0.25, 0.3) is 11.8 Å². The van der Waals surface area contributed by atoms with E-state index < -0.39 is 18.4 Å². The number of hydrogen-bond donors (Lipinski definition) is 1. The highest BCUT2D eigenvalue weighted by atomic mass is 16.5. The molecule has 2 amide bonds. The van der Waals surface area contributed by atoms with E-state index >= 15 is 0 Å². The summed E-state index contributed by atoms with van der Waals surface area (Å²) < 4.78 is 5.01. The Kier molecular flexibility index (Phi) is 4.74. The summed E-state index contributed by atoms with van der Waals surface area (Å²) in [6.45, 7) is -0.405. The van der Waals surface area contributed by atoms with Crippen molar-refractivity contribution in [1.29, 1.82) is 0 Å². The van der Waals surface area contributed by atoms with E-state index in [1.54, 1.807) is 30.3 Å². The first-order chi connectivity index (χ1) is 11.1. The lowest BCUT2D eigenvalue weighted by Gasteiger charge is -2.20. The zero-order valence-corrected chi connectivity index (χ0v) is 13.0. The Bertz CT molecular complexity index is 598. The second kappa shape index (κ2) is 6.94. The Morgan fingerprint density at radius 1 is 1.09 bits per heavy atom. The van der Waals surface area contributed by atoms with Crippen LogP contribution in [0.1, 0.15) is 42.5 Å². The minimum atomic E-state index is -0.597. The molecule has 0 spiro atoms. The highest BCUT2D eigenvalue weighted by molar-refractivity contribution is 6.05. The number of carbonyl (C=O) groups is 3. The standard InChI is InChI=1S/C18H21NO4/c20-16(19-18(22)13-4-2-1-3-5-13)11-23-17(21)10-15-9-12-6-7-14(15)8-12/h1-5,12,14-15H,6-11H2,(H,19,20,22)/t12-,14-,15+/m1/s1. The maximum absolute atomic E-state index is 11.8. The lowest BCUT2D eigenvalue weighted by Crippen LogP contribution is -2.34. The van der Waals surface area contributed by atoms with Crippen molar-refractivity contribution in [1.82, 2.24) is 5.32 Å². The lowest BCUT2D eigenvalue weighted by molar-refractivity contribution is -0.149. The predicted molar refractivity (Wildman–Crippen MR) is 83.4 cm³/mol. The highest BCUT2D eigenvalue weighted by Crippen LogP contribution is 2.49. The van der Waals surface area contributed by atoms with Crippen molar-refractivity contribution in [2.24, 2.45) is 17.8 Å². The molecular weight excluding hydrogens is 294 g/mol. The first-order valence-corrected chi connectivity index (χ1v) is 8.16. The normalized spacial score (nSPS) is 25.1. The highest BCUT2D eigenvalue weighted by Gasteiger charge is 2.40. The van der Waals surface area contributed by atoms with Gasteiger partial charge in [-0.05, 0) is 49.1 Å². The molecule has 122 valence electrons. The van der Waals surface area contributed by atoms with Gasteiger partial charge in [0.2, 0.25) is 0 Å². The van der Waals surface area contributed by atoms with Gasteiger partial charge in [0.1, 0.15) is 0 Å². The molecule has 2 aliphatic rings. The summed E-state index contributed by atoms with van der Waals surface area (Å²) in [5, 5.41) is 2.22. The van der Waals surface area contributed by atoms with Crippen LogP contribution in [-0.2, 0) is 14.3 Å². The third-order valence-corrected chi connectivity index (χ3v) is 4.97. The van der Waals surface area contributed by atoms with E-state index in [1.807, 2.05) is 0 Å². The van der Waals surface area contributed by atoms with Crippen LogP contribution in [0, 0.1) is 17.8 Å². The number of ether oxygens (including phenoxy) is 1. The fourth-order valence-electron chi connectivity index (χ4n) is 3.87. The Balaban J connectivity index is 1.39. The number of imide groups is 1. The molecule has 3 atom stereocenters. The topological polar surface area (TPSA) is 72.5 Å². The molecule has 23 heavy (non-hydrogen) atoms. The number of hydrogen-bond acceptors (Lipinski definition) is 4. The van der Waals surface area contributed by atoms with Crippen LogP contribution in [0.4, 0.5) is 0 Å². The summed E-state index contributed by atoms with van der Waals surface area (Å²) in [5.74, 6) is 0.422. The fraction of sp³-hybridized carbons (Fsp3) is 0.500. The summed E-state index contributed by atoms with van der Waals surface area (Å²) in [6, 6.07) is 8.45. The molecule has 0 unspecified atom stereocenters. The molecule has 2 bridgehead atoms. The van der Waals surface area contributed by atoms with E-state index in [9.17, 15) is 14.4 Å². The van der Waals surface area contributed by atoms with Crippen molar-refractivity contribution in [3.63, 3.8) is 0 Å². The summed E-state index contributed by atoms with van der Waals surface area (Å²) in [7, 11) is 0. The average Bonchev–Trinajstić information content (AvgIpc) is 3.16. The minimum absolute atomic E-state index is 0.343. The molecule has 0 radical (unpaired) electrons. The summed E-state index contributed by atoms with van der Waals surface area (Å²) in [6.07, 6.45) is 5.25. The van der Waals surface area contributed by atoms with Gasteiger partial charge in [0.05, 0.1) is 0 Å². The van der Waals surface area contributed by atoms with Gasteiger partial charge in [-0.15, -0.1) is 0 Å². The molecule has 1 aromatic rings. The van der Waals surface area contributed by atoms with Crippen molar-refractivity contribution in [2.45, 2.75) is 32.1 Å². The number of esters is 1. The zero-order chi connectivity index (χ0) is 16.2. The van der Waals surface area contributed by atoms with Crippen molar-refractivity contribution in [3.05, 3.63) is 35.9 Å². The van der Waals surface area contributed by atoms with Crippen LogP contribution in [-0.4, -0.2) is 24.4 Å². The Labute approximate surface area is 135 Å². The quantitative estimate of drug-likeness (QED) is 0.846. The molecule has 3 rings (SSSR count). The molecule has 1 N–H and O–H groups in total. The number of benzene rings is 1. The van der Waals surface area contributed by atoms with Gasteiger partial charge in [-0.1, -0.05) is 24.6 Å². The molecule has 5 heteroatoms. The number of amides is 2. The second-order valence-corrected chi connectivity index (χ2v) is 6.54. The molecule has 2 fully saturated rings. The molecule has 2 aliphatic carbocycles. The first-order valence-electron chi connectivity index (χ1n) is 8.16. The van der Waals surface area contributed by atoms with Gasteiger partial charge >= 0.3 is 5.97 Å². The lowest BCUT2D eigenvalue weighted by atomic mass is 9.86. The second-order valence-electron chi connectivity index (χ2n) is 6.54. The third kappa shape index (κ3) is 3.97. The first kappa shape index (κ1) is 15.7. The Morgan fingerprint density at radius 2 is 1.87 bits per heavy atom. The van der Waals surface area contributed by atoms with E-state index in [0.717, 1.165) is 12.3 Å². The van der Waals surface area contributed by atoms with E-state index in [-0.39, 0.29) is 5.97 Å². The number of rotatable bonds is 5. The van der Waals surface area contributed by atoms with E-state index in [1.165, 1.54) is 19.3 Å². The van der Waals surface area contributed by atoms with Crippen LogP contribution in [0.2, 0.25) is 0 Å². The molecule has 1 aromatic carbocycles. The Hall–Kier alpha value is -2.17. The Morgan fingerprint density at radius 3 is 2.52 bits per heavy atom. The maximum Gasteiger partial charge on any atom is 0.306 e. The van der Waals surface area contributed by atoms with Crippen molar-refractivity contribution in [3.8, 4) is 0 Å². The molecule has 0 saturated heterocycles. The monoisotopic (exact) mass is 315 g/mol. The third-order valence-electron chi connectivity index (χ3n) is 4.97. The van der Waals surface area contributed by atoms with E-state index in [2.05, 4.69) is 5.32 Å². The molecule has 0 aliphatic heterocycles. The summed E-state index contributed by atoms with van der Waals surface area (Å²) in [4.78, 5) is 35.3. The van der Waals surface area contributed by atoms with Crippen molar-refractivity contribution in [2.75, 3.05) is 6.61 Å². The molecule has 2 saturated carbocycles. The number of nitrogens with one attached hydrogen (secondary N) is 1. The zero-order valence-electron chi connectivity index (χ0n) is 13.0. The largest absolute Gasteiger partial charge is 0.456 e. The number of fused-ring (bicyclic) bond motifs is 2. The molecule has 5 nitrogen and oxygen atoms in total. The molecule has 0 aromatic heterocycles. The van der Waals surface area contributed by atoms with E-state index in [0.29, 0.717) is 23.8 Å². The average molecular weight is 315 g/mol. The summed E-state index contributed by atoms with van der Waals surface area (Å²) >= 11 is 0. The smallest absolute Gasteiger partial charge is 0.306 e. The predicted octanol–water partition coefficient (Wildman–Crippen LogP) is 2.31. The molecular formula is C18H21NO4. The van der Waals surface area contributed by atoms with Gasteiger partial charge in [-0.25, -0.2) is 0 Å². The van der Waals surface area contributed by atoms with Gasteiger partial charge in [0.15, 0.2) is 6.61 Å². The van der Waals surface area contributed by atoms with Gasteiger partial charge in [-0.3, -0.25) is 19.7 Å². The molecule has 0 heterocycles. The van der Waals surface area contributed by atoms with Gasteiger partial charge in [0, 0.05) is 12.0 Å². The van der Waals surface area contributed by atoms with Crippen LogP contribution in [0.5, 0.6) is 0 Å². The van der Waals surface area contributed by atoms with Crippen molar-refractivity contribution >= 4 is 17.8 Å².